The van der Waals surface area contributed by atoms with Gasteiger partial charge in [0.25, 0.3) is 0 Å². The zero-order chi connectivity index (χ0) is 11.8. The maximum atomic E-state index is 8.99. The molecule has 0 amide bonds. The van der Waals surface area contributed by atoms with Gasteiger partial charge in [-0.25, -0.2) is 0 Å². The van der Waals surface area contributed by atoms with E-state index >= 15 is 0 Å². The van der Waals surface area contributed by atoms with E-state index in [0.717, 1.165) is 6.42 Å². The minimum absolute atomic E-state index is 0.247. The summed E-state index contributed by atoms with van der Waals surface area (Å²) >= 11 is 0. The lowest BCUT2D eigenvalue weighted by atomic mass is 9.69. The van der Waals surface area contributed by atoms with E-state index in [4.69, 9.17) is 5.11 Å². The zero-order valence-corrected chi connectivity index (χ0v) is 10.6. The number of fused-ring (bicyclic) bond motifs is 1. The SMILES string of the molecule is CC1CCC(C)(C)c2ccc(CCO)cc21. The van der Waals surface area contributed by atoms with Crippen LogP contribution in [0.15, 0.2) is 18.2 Å². The molecule has 0 heterocycles. The highest BCUT2D eigenvalue weighted by atomic mass is 16.2. The van der Waals surface area contributed by atoms with E-state index in [1.807, 2.05) is 0 Å². The summed E-state index contributed by atoms with van der Waals surface area (Å²) in [7, 11) is 0. The van der Waals surface area contributed by atoms with Crippen LogP contribution in [0, 0.1) is 0 Å². The van der Waals surface area contributed by atoms with Crippen molar-refractivity contribution in [1.29, 1.82) is 0 Å². The van der Waals surface area contributed by atoms with Crippen LogP contribution in [0.25, 0.3) is 0 Å². The molecule has 0 aromatic heterocycles. The Labute approximate surface area is 98.5 Å². The molecule has 88 valence electrons. The standard InChI is InChI=1S/C15H22O/c1-11-6-8-15(2,3)14-5-4-12(7-9-16)10-13(11)14/h4-5,10-11,16H,6-9H2,1-3H3. The molecular formula is C15H22O. The maximum absolute atomic E-state index is 8.99. The maximum Gasteiger partial charge on any atom is 0.0471 e. The van der Waals surface area contributed by atoms with Crippen LogP contribution in [0.5, 0.6) is 0 Å². The molecule has 1 atom stereocenters. The molecule has 1 nitrogen and oxygen atoms in total. The Balaban J connectivity index is 2.43. The van der Waals surface area contributed by atoms with Gasteiger partial charge in [-0.15, -0.1) is 0 Å². The lowest BCUT2D eigenvalue weighted by Crippen LogP contribution is -2.25. The van der Waals surface area contributed by atoms with E-state index in [2.05, 4.69) is 39.0 Å². The van der Waals surface area contributed by atoms with Crippen LogP contribution in [0.4, 0.5) is 0 Å². The van der Waals surface area contributed by atoms with Crippen LogP contribution in [0.2, 0.25) is 0 Å². The summed E-state index contributed by atoms with van der Waals surface area (Å²) in [5.41, 5.74) is 4.60. The summed E-state index contributed by atoms with van der Waals surface area (Å²) < 4.78 is 0. The van der Waals surface area contributed by atoms with Crippen molar-refractivity contribution in [3.63, 3.8) is 0 Å². The predicted molar refractivity (Wildman–Crippen MR) is 67.9 cm³/mol. The van der Waals surface area contributed by atoms with Crippen molar-refractivity contribution in [3.8, 4) is 0 Å². The molecule has 0 spiro atoms. The molecule has 1 aromatic carbocycles. The Hall–Kier alpha value is -0.820. The third kappa shape index (κ3) is 2.01. The Kier molecular flexibility index (Phi) is 3.07. The lowest BCUT2D eigenvalue weighted by Gasteiger charge is -2.36. The smallest absolute Gasteiger partial charge is 0.0471 e. The van der Waals surface area contributed by atoms with Gasteiger partial charge >= 0.3 is 0 Å². The number of benzene rings is 1. The van der Waals surface area contributed by atoms with Gasteiger partial charge in [0.15, 0.2) is 0 Å². The average Bonchev–Trinajstić information content (AvgIpc) is 2.25. The summed E-state index contributed by atoms with van der Waals surface area (Å²) in [4.78, 5) is 0. The minimum atomic E-state index is 0.247. The Morgan fingerprint density at radius 3 is 2.81 bits per heavy atom. The van der Waals surface area contributed by atoms with Crippen molar-refractivity contribution >= 4 is 0 Å². The lowest BCUT2D eigenvalue weighted by molar-refractivity contribution is 0.299. The van der Waals surface area contributed by atoms with Gasteiger partial charge in [0.1, 0.15) is 0 Å². The summed E-state index contributed by atoms with van der Waals surface area (Å²) in [6, 6.07) is 6.75. The second-order valence-corrected chi connectivity index (χ2v) is 5.72. The molecule has 1 aromatic rings. The first-order chi connectivity index (χ1) is 7.54. The topological polar surface area (TPSA) is 20.2 Å². The number of hydrogen-bond donors (Lipinski definition) is 1. The van der Waals surface area contributed by atoms with E-state index in [0.29, 0.717) is 11.3 Å². The summed E-state index contributed by atoms with van der Waals surface area (Å²) in [6.45, 7) is 7.24. The minimum Gasteiger partial charge on any atom is -0.396 e. The highest BCUT2D eigenvalue weighted by Crippen LogP contribution is 2.42. The van der Waals surface area contributed by atoms with Gasteiger partial charge in [-0.2, -0.15) is 0 Å². The first kappa shape index (κ1) is 11.7. The van der Waals surface area contributed by atoms with Crippen LogP contribution in [0.1, 0.15) is 56.2 Å². The number of rotatable bonds is 2. The fourth-order valence-electron chi connectivity index (χ4n) is 2.79. The largest absolute Gasteiger partial charge is 0.396 e. The van der Waals surface area contributed by atoms with Gasteiger partial charge in [-0.05, 0) is 47.3 Å². The van der Waals surface area contributed by atoms with Gasteiger partial charge < -0.3 is 5.11 Å². The van der Waals surface area contributed by atoms with Crippen molar-refractivity contribution in [3.05, 3.63) is 34.9 Å². The van der Waals surface area contributed by atoms with Gasteiger partial charge in [0.05, 0.1) is 0 Å². The quantitative estimate of drug-likeness (QED) is 0.806. The monoisotopic (exact) mass is 218 g/mol. The van der Waals surface area contributed by atoms with E-state index in [1.54, 1.807) is 0 Å². The Bertz CT molecular complexity index is 379. The number of hydrogen-bond acceptors (Lipinski definition) is 1. The molecule has 1 heteroatoms. The van der Waals surface area contributed by atoms with Crippen LogP contribution < -0.4 is 0 Å². The second kappa shape index (κ2) is 4.21. The Morgan fingerprint density at radius 2 is 2.12 bits per heavy atom. The summed E-state index contributed by atoms with van der Waals surface area (Å²) in [5.74, 6) is 0.668. The number of aliphatic hydroxyl groups excluding tert-OH is 1. The molecule has 2 rings (SSSR count). The van der Waals surface area contributed by atoms with Gasteiger partial charge in [-0.3, -0.25) is 0 Å². The molecule has 1 aliphatic rings. The molecule has 0 fully saturated rings. The van der Waals surface area contributed by atoms with Gasteiger partial charge in [0.2, 0.25) is 0 Å². The van der Waals surface area contributed by atoms with Crippen LogP contribution >= 0.6 is 0 Å². The van der Waals surface area contributed by atoms with Crippen molar-refractivity contribution in [2.75, 3.05) is 6.61 Å². The highest BCUT2D eigenvalue weighted by molar-refractivity contribution is 5.41. The molecular weight excluding hydrogens is 196 g/mol. The van der Waals surface area contributed by atoms with E-state index in [-0.39, 0.29) is 6.61 Å². The van der Waals surface area contributed by atoms with Crippen molar-refractivity contribution < 1.29 is 5.11 Å². The number of aliphatic hydroxyl groups is 1. The summed E-state index contributed by atoms with van der Waals surface area (Å²) in [6.07, 6.45) is 3.34. The molecule has 1 aliphatic carbocycles. The molecule has 0 aliphatic heterocycles. The predicted octanol–water partition coefficient (Wildman–Crippen LogP) is 3.40. The normalized spacial score (nSPS) is 22.9. The molecule has 0 bridgehead atoms. The van der Waals surface area contributed by atoms with Crippen molar-refractivity contribution in [2.24, 2.45) is 0 Å². The van der Waals surface area contributed by atoms with E-state index in [9.17, 15) is 0 Å². The fourth-order valence-corrected chi connectivity index (χ4v) is 2.79. The molecule has 0 saturated carbocycles. The molecule has 0 radical (unpaired) electrons. The first-order valence-corrected chi connectivity index (χ1v) is 6.29. The molecule has 1 N–H and O–H groups in total. The van der Waals surface area contributed by atoms with Gasteiger partial charge in [-0.1, -0.05) is 39.0 Å². The molecule has 1 unspecified atom stereocenters. The van der Waals surface area contributed by atoms with E-state index in [1.165, 1.54) is 29.5 Å². The first-order valence-electron chi connectivity index (χ1n) is 6.29. The van der Waals surface area contributed by atoms with Crippen LogP contribution in [-0.2, 0) is 11.8 Å². The third-order valence-electron chi connectivity index (χ3n) is 3.98. The summed E-state index contributed by atoms with van der Waals surface area (Å²) in [5, 5.41) is 8.99. The van der Waals surface area contributed by atoms with Crippen molar-refractivity contribution in [2.45, 2.75) is 51.4 Å². The van der Waals surface area contributed by atoms with Crippen LogP contribution in [-0.4, -0.2) is 11.7 Å². The molecule has 0 saturated heterocycles. The fraction of sp³-hybridized carbons (Fsp3) is 0.600. The zero-order valence-electron chi connectivity index (χ0n) is 10.6. The van der Waals surface area contributed by atoms with Crippen LogP contribution in [0.3, 0.4) is 0 Å². The van der Waals surface area contributed by atoms with Gasteiger partial charge in [0, 0.05) is 6.61 Å². The molecule has 16 heavy (non-hydrogen) atoms. The average molecular weight is 218 g/mol. The third-order valence-corrected chi connectivity index (χ3v) is 3.98. The highest BCUT2D eigenvalue weighted by Gasteiger charge is 2.30. The van der Waals surface area contributed by atoms with E-state index < -0.39 is 0 Å². The second-order valence-electron chi connectivity index (χ2n) is 5.72. The van der Waals surface area contributed by atoms with Crippen molar-refractivity contribution in [1.82, 2.24) is 0 Å². The Morgan fingerprint density at radius 1 is 1.38 bits per heavy atom.